The summed E-state index contributed by atoms with van der Waals surface area (Å²) in [4.78, 5) is 12.6. The van der Waals surface area contributed by atoms with Gasteiger partial charge in [-0.15, -0.1) is 0 Å². The van der Waals surface area contributed by atoms with Crippen LogP contribution in [0, 0.1) is 29.1 Å². The van der Waals surface area contributed by atoms with Crippen LogP contribution < -0.4 is 0 Å². The molecule has 1 heterocycles. The molecule has 0 bridgehead atoms. The van der Waals surface area contributed by atoms with E-state index in [0.717, 1.165) is 37.7 Å². The minimum atomic E-state index is -0.139. The summed E-state index contributed by atoms with van der Waals surface area (Å²) in [7, 11) is 0. The number of rotatable bonds is 2. The van der Waals surface area contributed by atoms with Crippen molar-refractivity contribution in [2.75, 3.05) is 6.61 Å². The zero-order valence-corrected chi connectivity index (χ0v) is 18.1. The van der Waals surface area contributed by atoms with E-state index in [2.05, 4.69) is 46.8 Å². The van der Waals surface area contributed by atoms with E-state index in [1.165, 1.54) is 11.1 Å². The molecule has 1 saturated heterocycles. The lowest BCUT2D eigenvalue weighted by molar-refractivity contribution is -0.118. The van der Waals surface area contributed by atoms with Crippen LogP contribution in [0.2, 0.25) is 0 Å². The largest absolute Gasteiger partial charge is 0.392 e. The zero-order chi connectivity index (χ0) is 20.3. The fraction of sp³-hybridized carbons (Fsp3) is 0.720. The predicted molar refractivity (Wildman–Crippen MR) is 112 cm³/mol. The molecule has 3 heteroatoms. The van der Waals surface area contributed by atoms with E-state index in [4.69, 9.17) is 4.74 Å². The van der Waals surface area contributed by atoms with E-state index in [-0.39, 0.29) is 41.3 Å². The molecular weight excluding hydrogens is 348 g/mol. The van der Waals surface area contributed by atoms with Crippen LogP contribution in [0.4, 0.5) is 0 Å². The molecule has 0 aromatic heterocycles. The second-order valence-electron chi connectivity index (χ2n) is 10.5. The van der Waals surface area contributed by atoms with Gasteiger partial charge >= 0.3 is 0 Å². The van der Waals surface area contributed by atoms with Gasteiger partial charge in [0.2, 0.25) is 0 Å². The monoisotopic (exact) mass is 384 g/mol. The molecule has 7 atom stereocenters. The quantitative estimate of drug-likeness (QED) is 0.681. The van der Waals surface area contributed by atoms with Gasteiger partial charge in [-0.1, -0.05) is 37.1 Å². The highest BCUT2D eigenvalue weighted by atomic mass is 16.5. The Kier molecular flexibility index (Phi) is 4.99. The Morgan fingerprint density at radius 3 is 2.79 bits per heavy atom. The van der Waals surface area contributed by atoms with Crippen molar-refractivity contribution in [1.82, 2.24) is 0 Å². The van der Waals surface area contributed by atoms with E-state index < -0.39 is 0 Å². The van der Waals surface area contributed by atoms with Crippen LogP contribution in [0.1, 0.15) is 66.7 Å². The lowest BCUT2D eigenvalue weighted by atomic mass is 9.62. The minimum absolute atomic E-state index is 0.0126. The smallest absolute Gasteiger partial charge is 0.163 e. The summed E-state index contributed by atoms with van der Waals surface area (Å²) in [6.45, 7) is 11.2. The number of carbonyl (C=O) groups excluding carboxylic acids is 1. The summed E-state index contributed by atoms with van der Waals surface area (Å²) in [5.74, 6) is 1.25. The van der Waals surface area contributed by atoms with Crippen LogP contribution >= 0.6 is 0 Å². The molecule has 0 radical (unpaired) electrons. The number of ketones is 1. The number of aliphatic hydroxyl groups is 1. The molecule has 4 aliphatic rings. The van der Waals surface area contributed by atoms with Gasteiger partial charge in [0.25, 0.3) is 0 Å². The topological polar surface area (TPSA) is 46.5 Å². The van der Waals surface area contributed by atoms with E-state index in [1.807, 2.05) is 6.08 Å². The highest BCUT2D eigenvalue weighted by Crippen LogP contribution is 2.63. The Balaban J connectivity index is 1.72. The van der Waals surface area contributed by atoms with Gasteiger partial charge in [-0.2, -0.15) is 0 Å². The van der Waals surface area contributed by atoms with E-state index in [0.29, 0.717) is 11.8 Å². The van der Waals surface area contributed by atoms with Crippen LogP contribution in [0.25, 0.3) is 0 Å². The predicted octanol–water partition coefficient (Wildman–Crippen LogP) is 5.01. The molecule has 1 unspecified atom stereocenters. The molecule has 1 spiro atoms. The third-order valence-corrected chi connectivity index (χ3v) is 8.38. The van der Waals surface area contributed by atoms with Gasteiger partial charge in [0.1, 0.15) is 0 Å². The molecule has 1 saturated carbocycles. The van der Waals surface area contributed by atoms with Crippen molar-refractivity contribution >= 4 is 5.78 Å². The molecule has 1 N–H and O–H groups in total. The van der Waals surface area contributed by atoms with Crippen molar-refractivity contribution in [2.45, 2.75) is 78.4 Å². The van der Waals surface area contributed by atoms with Crippen LogP contribution in [0.5, 0.6) is 0 Å². The average Bonchev–Trinajstić information content (AvgIpc) is 3.14. The molecule has 3 aliphatic carbocycles. The lowest BCUT2D eigenvalue weighted by Gasteiger charge is -2.44. The number of hydrogen-bond acceptors (Lipinski definition) is 3. The van der Waals surface area contributed by atoms with Gasteiger partial charge in [0, 0.05) is 0 Å². The number of fused-ring (bicyclic) bond motifs is 3. The van der Waals surface area contributed by atoms with E-state index >= 15 is 0 Å². The van der Waals surface area contributed by atoms with Crippen LogP contribution in [-0.2, 0) is 9.53 Å². The van der Waals surface area contributed by atoms with Crippen molar-refractivity contribution in [3.8, 4) is 0 Å². The van der Waals surface area contributed by atoms with Crippen molar-refractivity contribution < 1.29 is 14.6 Å². The Morgan fingerprint density at radius 1 is 1.36 bits per heavy atom. The minimum Gasteiger partial charge on any atom is -0.392 e. The van der Waals surface area contributed by atoms with Gasteiger partial charge in [-0.25, -0.2) is 0 Å². The first-order valence-corrected chi connectivity index (χ1v) is 11.0. The first-order chi connectivity index (χ1) is 13.2. The third-order valence-electron chi connectivity index (χ3n) is 8.38. The van der Waals surface area contributed by atoms with Gasteiger partial charge in [-0.3, -0.25) is 4.79 Å². The Morgan fingerprint density at radius 2 is 2.11 bits per heavy atom. The lowest BCUT2D eigenvalue weighted by Crippen LogP contribution is -2.44. The summed E-state index contributed by atoms with van der Waals surface area (Å²) in [6, 6.07) is 0. The van der Waals surface area contributed by atoms with Crippen LogP contribution in [0.3, 0.4) is 0 Å². The van der Waals surface area contributed by atoms with Gasteiger partial charge in [-0.05, 0) is 87.7 Å². The molecular formula is C25H36O3. The number of allylic oxidation sites excluding steroid dienone is 4. The molecule has 28 heavy (non-hydrogen) atoms. The fourth-order valence-corrected chi connectivity index (χ4v) is 7.01. The SMILES string of the molecule is CC(C)=C[C@@H]1C[C@H](C)[C@]2(CC[C@]3(C)C[C@@H]4C(C)=CC(=O)[C@H]4/C(CO)=C\CC32)O1. The summed E-state index contributed by atoms with van der Waals surface area (Å²) in [6.07, 6.45) is 11.8. The maximum atomic E-state index is 12.6. The van der Waals surface area contributed by atoms with Crippen molar-refractivity contribution in [2.24, 2.45) is 29.1 Å². The number of hydrogen-bond donors (Lipinski definition) is 1. The molecule has 0 amide bonds. The van der Waals surface area contributed by atoms with Gasteiger partial charge in [0.15, 0.2) is 5.78 Å². The molecule has 0 aromatic rings. The highest BCUT2D eigenvalue weighted by molar-refractivity contribution is 5.97. The normalized spacial score (nSPS) is 47.1. The van der Waals surface area contributed by atoms with Crippen LogP contribution in [0.15, 0.2) is 34.9 Å². The van der Waals surface area contributed by atoms with E-state index in [1.54, 1.807) is 0 Å². The zero-order valence-electron chi connectivity index (χ0n) is 18.1. The first kappa shape index (κ1) is 20.1. The molecule has 2 fully saturated rings. The average molecular weight is 385 g/mol. The Hall–Kier alpha value is -1.19. The Bertz CT molecular complexity index is 756. The second-order valence-corrected chi connectivity index (χ2v) is 10.5. The summed E-state index contributed by atoms with van der Waals surface area (Å²) in [5.41, 5.74) is 3.55. The summed E-state index contributed by atoms with van der Waals surface area (Å²) >= 11 is 0. The second kappa shape index (κ2) is 6.95. The van der Waals surface area contributed by atoms with Gasteiger partial charge in [0.05, 0.1) is 24.2 Å². The molecule has 3 nitrogen and oxygen atoms in total. The maximum Gasteiger partial charge on any atom is 0.163 e. The fourth-order valence-electron chi connectivity index (χ4n) is 7.01. The molecule has 0 aromatic carbocycles. The standard InChI is InChI=1S/C25H36O3/c1-15(2)10-19-12-17(4)25(28-19)9-8-24(5)13-20-16(3)11-21(27)23(20)18(14-26)6-7-22(24)25/h6,10-11,17,19-20,22-23,26H,7-9,12-14H2,1-5H3/b18-6-/t17-,19+,20+,22?,23-,24+,25-/m0/s1. The third kappa shape index (κ3) is 2.97. The van der Waals surface area contributed by atoms with E-state index in [9.17, 15) is 9.90 Å². The van der Waals surface area contributed by atoms with Crippen LogP contribution in [-0.4, -0.2) is 29.2 Å². The molecule has 154 valence electrons. The van der Waals surface area contributed by atoms with Gasteiger partial charge < -0.3 is 9.84 Å². The molecule has 4 rings (SSSR count). The Labute approximate surface area is 169 Å². The van der Waals surface area contributed by atoms with Crippen molar-refractivity contribution in [1.29, 1.82) is 0 Å². The number of ether oxygens (including phenoxy) is 1. The van der Waals surface area contributed by atoms with Crippen molar-refractivity contribution in [3.05, 3.63) is 34.9 Å². The first-order valence-electron chi connectivity index (χ1n) is 11.0. The number of aliphatic hydroxyl groups excluding tert-OH is 1. The highest BCUT2D eigenvalue weighted by Gasteiger charge is 2.61. The summed E-state index contributed by atoms with van der Waals surface area (Å²) in [5, 5.41) is 10.0. The summed E-state index contributed by atoms with van der Waals surface area (Å²) < 4.78 is 6.84. The molecule has 1 aliphatic heterocycles. The van der Waals surface area contributed by atoms with Crippen molar-refractivity contribution in [3.63, 3.8) is 0 Å². The maximum absolute atomic E-state index is 12.6. The number of carbonyl (C=O) groups is 1.